The molecular formula is C20H26Cl2N4O4. The van der Waals surface area contributed by atoms with E-state index in [1.165, 1.54) is 4.90 Å². The van der Waals surface area contributed by atoms with Gasteiger partial charge >= 0.3 is 6.09 Å². The smallest absolute Gasteiger partial charge is 0.410 e. The average Bonchev–Trinajstić information content (AvgIpc) is 2.67. The summed E-state index contributed by atoms with van der Waals surface area (Å²) in [4.78, 5) is 28.0. The second-order valence-corrected chi connectivity index (χ2v) is 8.58. The minimum Gasteiger partial charge on any atom is -0.444 e. The molecule has 0 aromatic heterocycles. The molecule has 1 saturated heterocycles. The van der Waals surface area contributed by atoms with E-state index in [2.05, 4.69) is 5.32 Å². The molecule has 10 heteroatoms. The van der Waals surface area contributed by atoms with Gasteiger partial charge in [0.05, 0.1) is 18.3 Å². The number of nitrogens with zero attached hydrogens (tertiary/aromatic N) is 2. The Balaban J connectivity index is 2.17. The second kappa shape index (κ2) is 10.1. The fraction of sp³-hybridized carbons (Fsp3) is 0.450. The maximum Gasteiger partial charge on any atom is 0.410 e. The number of amides is 2. The molecule has 8 nitrogen and oxygen atoms in total. The molecular weight excluding hydrogens is 431 g/mol. The highest BCUT2D eigenvalue weighted by Gasteiger charge is 2.33. The van der Waals surface area contributed by atoms with Crippen LogP contribution in [0.5, 0.6) is 0 Å². The number of ether oxygens (including phenoxy) is 1. The number of aliphatic hydroxyl groups is 1. The highest BCUT2D eigenvalue weighted by atomic mass is 35.5. The Kier molecular flexibility index (Phi) is 8.11. The maximum atomic E-state index is 12.6. The third-order valence-electron chi connectivity index (χ3n) is 4.30. The van der Waals surface area contributed by atoms with Crippen LogP contribution in [-0.4, -0.2) is 71.0 Å². The van der Waals surface area contributed by atoms with Crippen LogP contribution in [0.1, 0.15) is 20.8 Å². The van der Waals surface area contributed by atoms with Crippen LogP contribution in [0.2, 0.25) is 5.02 Å². The molecule has 1 aromatic rings. The lowest BCUT2D eigenvalue weighted by Gasteiger charge is -2.42. The lowest BCUT2D eigenvalue weighted by Crippen LogP contribution is -2.56. The van der Waals surface area contributed by atoms with Gasteiger partial charge in [-0.3, -0.25) is 4.79 Å². The number of nitrogens with one attached hydrogen (secondary N) is 2. The number of hydrogen-bond donors (Lipinski definition) is 3. The van der Waals surface area contributed by atoms with Crippen molar-refractivity contribution in [3.8, 4) is 0 Å². The fourth-order valence-corrected chi connectivity index (χ4v) is 3.36. The number of carbonyl (C=O) groups excluding carboxylic acids is 2. The SMILES string of the molecule is CC(C)(C)OC(=O)N1CCN(/C(C=N)=C(\Cl)C(=O)Nc2cccc(Cl)c2)C(CO)C1. The quantitative estimate of drug-likeness (QED) is 0.465. The minimum absolute atomic E-state index is 0.152. The highest BCUT2D eigenvalue weighted by Crippen LogP contribution is 2.23. The summed E-state index contributed by atoms with van der Waals surface area (Å²) < 4.78 is 5.38. The van der Waals surface area contributed by atoms with Gasteiger partial charge in [-0.25, -0.2) is 4.79 Å². The molecule has 1 heterocycles. The second-order valence-electron chi connectivity index (χ2n) is 7.76. The molecule has 2 rings (SSSR count). The van der Waals surface area contributed by atoms with Gasteiger partial charge in [0.15, 0.2) is 0 Å². The predicted octanol–water partition coefficient (Wildman–Crippen LogP) is 3.29. The van der Waals surface area contributed by atoms with Crippen LogP contribution in [0, 0.1) is 5.41 Å². The Morgan fingerprint density at radius 3 is 2.63 bits per heavy atom. The summed E-state index contributed by atoms with van der Waals surface area (Å²) in [7, 11) is 0. The third kappa shape index (κ3) is 6.35. The van der Waals surface area contributed by atoms with Crippen molar-refractivity contribution < 1.29 is 19.4 Å². The largest absolute Gasteiger partial charge is 0.444 e. The van der Waals surface area contributed by atoms with E-state index in [0.717, 1.165) is 6.21 Å². The molecule has 1 aliphatic rings. The number of aliphatic hydroxyl groups excluding tert-OH is 1. The van der Waals surface area contributed by atoms with Gasteiger partial charge in [0.2, 0.25) is 0 Å². The van der Waals surface area contributed by atoms with Gasteiger partial charge in [-0.2, -0.15) is 0 Å². The number of halogens is 2. The standard InChI is InChI=1S/C20H26Cl2N4O4/c1-20(2,3)30-19(29)25-7-8-26(15(11-25)12-27)16(10-23)17(22)18(28)24-14-6-4-5-13(21)9-14/h4-6,9-10,15,23,27H,7-8,11-12H2,1-3H3,(H,24,28)/b17-16-,23-10?. The van der Waals surface area contributed by atoms with E-state index in [1.807, 2.05) is 0 Å². The summed E-state index contributed by atoms with van der Waals surface area (Å²) >= 11 is 12.2. The van der Waals surface area contributed by atoms with E-state index in [-0.39, 0.29) is 30.4 Å². The fourth-order valence-electron chi connectivity index (χ4n) is 2.96. The molecule has 0 radical (unpaired) electrons. The minimum atomic E-state index is -0.634. The van der Waals surface area contributed by atoms with Gasteiger partial charge in [-0.1, -0.05) is 29.3 Å². The van der Waals surface area contributed by atoms with Crippen LogP contribution in [0.3, 0.4) is 0 Å². The van der Waals surface area contributed by atoms with Crippen LogP contribution in [-0.2, 0) is 9.53 Å². The molecule has 2 amide bonds. The lowest BCUT2D eigenvalue weighted by atomic mass is 10.1. The van der Waals surface area contributed by atoms with Crippen molar-refractivity contribution in [1.29, 1.82) is 5.41 Å². The third-order valence-corrected chi connectivity index (χ3v) is 4.90. The molecule has 0 aliphatic carbocycles. The summed E-state index contributed by atoms with van der Waals surface area (Å²) in [6, 6.07) is 6.05. The molecule has 1 fully saturated rings. The number of benzene rings is 1. The van der Waals surface area contributed by atoms with Gasteiger partial charge in [0, 0.05) is 36.6 Å². The molecule has 0 spiro atoms. The first-order valence-corrected chi connectivity index (χ1v) is 10.1. The molecule has 164 valence electrons. The lowest BCUT2D eigenvalue weighted by molar-refractivity contribution is -0.112. The summed E-state index contributed by atoms with van der Waals surface area (Å²) in [6.07, 6.45) is 0.483. The van der Waals surface area contributed by atoms with E-state index < -0.39 is 23.6 Å². The number of rotatable bonds is 5. The van der Waals surface area contributed by atoms with Gasteiger partial charge < -0.3 is 30.4 Å². The maximum absolute atomic E-state index is 12.6. The molecule has 1 aliphatic heterocycles. The van der Waals surface area contributed by atoms with Gasteiger partial charge in [0.25, 0.3) is 5.91 Å². The van der Waals surface area contributed by atoms with E-state index in [0.29, 0.717) is 17.3 Å². The number of carbonyl (C=O) groups is 2. The van der Waals surface area contributed by atoms with Crippen molar-refractivity contribution in [2.24, 2.45) is 0 Å². The number of hydrogen-bond acceptors (Lipinski definition) is 6. The van der Waals surface area contributed by atoms with Crippen molar-refractivity contribution in [3.05, 3.63) is 40.0 Å². The number of anilines is 1. The molecule has 30 heavy (non-hydrogen) atoms. The highest BCUT2D eigenvalue weighted by molar-refractivity contribution is 6.45. The molecule has 0 bridgehead atoms. The topological polar surface area (TPSA) is 106 Å². The van der Waals surface area contributed by atoms with Gasteiger partial charge in [-0.05, 0) is 39.0 Å². The van der Waals surface area contributed by atoms with Crippen LogP contribution < -0.4 is 5.32 Å². The summed E-state index contributed by atoms with van der Waals surface area (Å²) in [6.45, 7) is 5.77. The first-order chi connectivity index (χ1) is 14.1. The monoisotopic (exact) mass is 456 g/mol. The van der Waals surface area contributed by atoms with E-state index in [9.17, 15) is 14.7 Å². The average molecular weight is 457 g/mol. The predicted molar refractivity (Wildman–Crippen MR) is 117 cm³/mol. The number of allylic oxidation sites excluding steroid dienone is 1. The zero-order chi connectivity index (χ0) is 22.5. The zero-order valence-corrected chi connectivity index (χ0v) is 18.6. The van der Waals surface area contributed by atoms with E-state index in [4.69, 9.17) is 33.3 Å². The first-order valence-electron chi connectivity index (χ1n) is 9.38. The summed E-state index contributed by atoms with van der Waals surface area (Å²) in [5.74, 6) is -0.608. The Hall–Kier alpha value is -2.29. The molecule has 1 atom stereocenters. The van der Waals surface area contributed by atoms with Crippen LogP contribution >= 0.6 is 23.2 Å². The van der Waals surface area contributed by atoms with E-state index in [1.54, 1.807) is 49.9 Å². The van der Waals surface area contributed by atoms with Gasteiger partial charge in [-0.15, -0.1) is 0 Å². The molecule has 1 unspecified atom stereocenters. The van der Waals surface area contributed by atoms with Crippen LogP contribution in [0.25, 0.3) is 0 Å². The normalized spacial score (nSPS) is 17.9. The van der Waals surface area contributed by atoms with Gasteiger partial charge in [0.1, 0.15) is 10.6 Å². The van der Waals surface area contributed by atoms with Crippen molar-refractivity contribution in [1.82, 2.24) is 9.80 Å². The number of piperazine rings is 1. The molecule has 0 saturated carbocycles. The molecule has 3 N–H and O–H groups in total. The first kappa shape index (κ1) is 24.0. The van der Waals surface area contributed by atoms with E-state index >= 15 is 0 Å². The van der Waals surface area contributed by atoms with Crippen molar-refractivity contribution in [2.45, 2.75) is 32.4 Å². The zero-order valence-electron chi connectivity index (χ0n) is 17.1. The summed E-state index contributed by atoms with van der Waals surface area (Å²) in [5.41, 5.74) is -0.0208. The Morgan fingerprint density at radius 1 is 1.37 bits per heavy atom. The van der Waals surface area contributed by atoms with Crippen molar-refractivity contribution in [3.63, 3.8) is 0 Å². The van der Waals surface area contributed by atoms with Crippen LogP contribution in [0.4, 0.5) is 10.5 Å². The summed E-state index contributed by atoms with van der Waals surface area (Å²) in [5, 5.41) is 20.5. The Bertz CT molecular complexity index is 838. The Morgan fingerprint density at radius 2 is 2.07 bits per heavy atom. The van der Waals surface area contributed by atoms with Crippen molar-refractivity contribution in [2.75, 3.05) is 31.6 Å². The van der Waals surface area contributed by atoms with Crippen LogP contribution in [0.15, 0.2) is 35.0 Å². The van der Waals surface area contributed by atoms with Crippen molar-refractivity contribution >= 4 is 47.1 Å². The Labute approximate surface area is 185 Å². The molecule has 1 aromatic carbocycles.